The fraction of sp³-hybridized carbons (Fsp3) is 0.412. The first-order chi connectivity index (χ1) is 11.1. The van der Waals surface area contributed by atoms with Gasteiger partial charge in [0.2, 0.25) is 5.91 Å². The Labute approximate surface area is 153 Å². The number of para-hydroxylation sites is 1. The van der Waals surface area contributed by atoms with E-state index < -0.39 is 0 Å². The van der Waals surface area contributed by atoms with Crippen LogP contribution in [0.4, 0.5) is 10.8 Å². The Morgan fingerprint density at radius 3 is 2.67 bits per heavy atom. The zero-order valence-corrected chi connectivity index (χ0v) is 15.7. The van der Waals surface area contributed by atoms with E-state index in [0.29, 0.717) is 11.6 Å². The first-order valence-corrected chi connectivity index (χ1v) is 8.69. The minimum absolute atomic E-state index is 0. The fourth-order valence-electron chi connectivity index (χ4n) is 2.47. The van der Waals surface area contributed by atoms with E-state index in [0.717, 1.165) is 30.1 Å². The maximum Gasteiger partial charge on any atom is 0.225 e. The molecule has 132 valence electrons. The second kappa shape index (κ2) is 10.3. The largest absolute Gasteiger partial charge is 0.375 e. The molecule has 0 saturated heterocycles. The number of nitrogen functional groups attached to an aromatic ring is 1. The lowest BCUT2D eigenvalue weighted by Gasteiger charge is -2.27. The van der Waals surface area contributed by atoms with Crippen LogP contribution in [-0.4, -0.2) is 28.4 Å². The van der Waals surface area contributed by atoms with Gasteiger partial charge in [-0.2, -0.15) is 0 Å². The van der Waals surface area contributed by atoms with Crippen molar-refractivity contribution in [2.75, 3.05) is 17.6 Å². The summed E-state index contributed by atoms with van der Waals surface area (Å²) in [6.07, 6.45) is 3.32. The molecule has 0 aliphatic carbocycles. The summed E-state index contributed by atoms with van der Waals surface area (Å²) in [5, 5.41) is 3.53. The van der Waals surface area contributed by atoms with E-state index in [1.807, 2.05) is 36.5 Å². The summed E-state index contributed by atoms with van der Waals surface area (Å²) < 4.78 is 0. The minimum Gasteiger partial charge on any atom is -0.375 e. The standard InChI is InChI=1S/C17H24N4OS.ClH/c1-3-9-21(12-15-11-19-17(18)23-15)13(2)10-16(22)20-14-7-5-4-6-8-14;/h4-8,11,13H,3,9-10,12H2,1-2H3,(H2,18,19)(H,20,22);1H. The van der Waals surface area contributed by atoms with Crippen LogP contribution >= 0.6 is 23.7 Å². The SMILES string of the molecule is CCCN(Cc1cnc(N)s1)C(C)CC(=O)Nc1ccccc1.Cl. The van der Waals surface area contributed by atoms with Crippen LogP contribution in [0.5, 0.6) is 0 Å². The molecule has 2 aromatic rings. The highest BCUT2D eigenvalue weighted by Crippen LogP contribution is 2.19. The average molecular weight is 369 g/mol. The number of hydrogen-bond donors (Lipinski definition) is 2. The summed E-state index contributed by atoms with van der Waals surface area (Å²) in [6, 6.07) is 9.70. The Morgan fingerprint density at radius 2 is 2.08 bits per heavy atom. The van der Waals surface area contributed by atoms with E-state index in [2.05, 4.69) is 29.0 Å². The number of nitrogens with two attached hydrogens (primary N) is 1. The predicted octanol–water partition coefficient (Wildman–Crippen LogP) is 3.78. The molecule has 1 unspecified atom stereocenters. The highest BCUT2D eigenvalue weighted by Gasteiger charge is 2.18. The lowest BCUT2D eigenvalue weighted by molar-refractivity contribution is -0.117. The van der Waals surface area contributed by atoms with Crippen molar-refractivity contribution in [3.8, 4) is 0 Å². The first kappa shape index (κ1) is 20.4. The van der Waals surface area contributed by atoms with Crippen LogP contribution in [0.25, 0.3) is 0 Å². The molecule has 7 heteroatoms. The van der Waals surface area contributed by atoms with Gasteiger partial charge in [-0.15, -0.1) is 23.7 Å². The molecule has 0 saturated carbocycles. The number of halogens is 1. The van der Waals surface area contributed by atoms with Gasteiger partial charge in [-0.1, -0.05) is 25.1 Å². The Hall–Kier alpha value is -1.63. The summed E-state index contributed by atoms with van der Waals surface area (Å²) in [7, 11) is 0. The number of carbonyl (C=O) groups is 1. The molecular formula is C17H25ClN4OS. The van der Waals surface area contributed by atoms with Crippen molar-refractivity contribution >= 4 is 40.5 Å². The molecule has 0 radical (unpaired) electrons. The van der Waals surface area contributed by atoms with Crippen molar-refractivity contribution < 1.29 is 4.79 Å². The van der Waals surface area contributed by atoms with Crippen LogP contribution in [0, 0.1) is 0 Å². The number of nitrogens with one attached hydrogen (secondary N) is 1. The van der Waals surface area contributed by atoms with Crippen LogP contribution in [0.3, 0.4) is 0 Å². The summed E-state index contributed by atoms with van der Waals surface area (Å²) >= 11 is 1.51. The third-order valence-corrected chi connectivity index (χ3v) is 4.41. The zero-order chi connectivity index (χ0) is 16.7. The lowest BCUT2D eigenvalue weighted by atomic mass is 10.1. The molecule has 0 spiro atoms. The normalized spacial score (nSPS) is 11.8. The summed E-state index contributed by atoms with van der Waals surface area (Å²) in [4.78, 5) is 19.8. The first-order valence-electron chi connectivity index (χ1n) is 7.87. The monoisotopic (exact) mass is 368 g/mol. The number of benzene rings is 1. The quantitative estimate of drug-likeness (QED) is 0.743. The number of amides is 1. The molecular weight excluding hydrogens is 344 g/mol. The molecule has 5 nitrogen and oxygen atoms in total. The highest BCUT2D eigenvalue weighted by molar-refractivity contribution is 7.15. The molecule has 1 atom stereocenters. The summed E-state index contributed by atoms with van der Waals surface area (Å²) in [5.41, 5.74) is 6.53. The maximum absolute atomic E-state index is 12.2. The Bertz CT molecular complexity index is 620. The van der Waals surface area contributed by atoms with Gasteiger partial charge in [0.05, 0.1) is 0 Å². The van der Waals surface area contributed by atoms with Crippen LogP contribution in [-0.2, 0) is 11.3 Å². The van der Waals surface area contributed by atoms with E-state index >= 15 is 0 Å². The number of thiazole rings is 1. The van der Waals surface area contributed by atoms with Crippen molar-refractivity contribution in [3.05, 3.63) is 41.4 Å². The van der Waals surface area contributed by atoms with Crippen molar-refractivity contribution in [1.29, 1.82) is 0 Å². The highest BCUT2D eigenvalue weighted by atomic mass is 35.5. The average Bonchev–Trinajstić information content (AvgIpc) is 2.93. The molecule has 1 heterocycles. The van der Waals surface area contributed by atoms with E-state index in [1.165, 1.54) is 11.3 Å². The topological polar surface area (TPSA) is 71.2 Å². The van der Waals surface area contributed by atoms with Crippen molar-refractivity contribution in [2.45, 2.75) is 39.3 Å². The van der Waals surface area contributed by atoms with Gasteiger partial charge in [0.25, 0.3) is 0 Å². The van der Waals surface area contributed by atoms with E-state index in [-0.39, 0.29) is 24.4 Å². The molecule has 1 amide bonds. The third kappa shape index (κ3) is 6.47. The van der Waals surface area contributed by atoms with Crippen LogP contribution < -0.4 is 11.1 Å². The van der Waals surface area contributed by atoms with E-state index in [1.54, 1.807) is 0 Å². The van der Waals surface area contributed by atoms with Gasteiger partial charge in [0.15, 0.2) is 5.13 Å². The molecule has 1 aromatic heterocycles. The molecule has 0 bridgehead atoms. The number of rotatable bonds is 8. The van der Waals surface area contributed by atoms with Gasteiger partial charge in [-0.3, -0.25) is 9.69 Å². The molecule has 0 fully saturated rings. The number of hydrogen-bond acceptors (Lipinski definition) is 5. The fourth-order valence-corrected chi connectivity index (χ4v) is 3.18. The van der Waals surface area contributed by atoms with Crippen LogP contribution in [0.15, 0.2) is 36.5 Å². The zero-order valence-electron chi connectivity index (χ0n) is 14.1. The molecule has 3 N–H and O–H groups in total. The second-order valence-electron chi connectivity index (χ2n) is 5.60. The molecule has 24 heavy (non-hydrogen) atoms. The number of nitrogens with zero attached hydrogens (tertiary/aromatic N) is 2. The van der Waals surface area contributed by atoms with Gasteiger partial charge >= 0.3 is 0 Å². The number of anilines is 2. The van der Waals surface area contributed by atoms with Gasteiger partial charge in [0, 0.05) is 35.8 Å². The van der Waals surface area contributed by atoms with Crippen molar-refractivity contribution in [3.63, 3.8) is 0 Å². The molecule has 1 aromatic carbocycles. The Balaban J connectivity index is 0.00000288. The maximum atomic E-state index is 12.2. The van der Waals surface area contributed by atoms with Crippen LogP contribution in [0.2, 0.25) is 0 Å². The third-order valence-electron chi connectivity index (χ3n) is 3.60. The lowest BCUT2D eigenvalue weighted by Crippen LogP contribution is -2.36. The smallest absolute Gasteiger partial charge is 0.225 e. The predicted molar refractivity (Wildman–Crippen MR) is 104 cm³/mol. The van der Waals surface area contributed by atoms with E-state index in [9.17, 15) is 4.79 Å². The molecule has 0 aliphatic heterocycles. The van der Waals surface area contributed by atoms with E-state index in [4.69, 9.17) is 5.73 Å². The van der Waals surface area contributed by atoms with Crippen LogP contribution in [0.1, 0.15) is 31.6 Å². The Kier molecular flexibility index (Phi) is 8.74. The van der Waals surface area contributed by atoms with Crippen molar-refractivity contribution in [1.82, 2.24) is 9.88 Å². The summed E-state index contributed by atoms with van der Waals surface area (Å²) in [5.74, 6) is 0.0358. The van der Waals surface area contributed by atoms with Crippen molar-refractivity contribution in [2.24, 2.45) is 0 Å². The van der Waals surface area contributed by atoms with Gasteiger partial charge < -0.3 is 11.1 Å². The Morgan fingerprint density at radius 1 is 1.38 bits per heavy atom. The summed E-state index contributed by atoms with van der Waals surface area (Å²) in [6.45, 7) is 5.95. The number of carbonyl (C=O) groups excluding carboxylic acids is 1. The van der Waals surface area contributed by atoms with Gasteiger partial charge in [-0.05, 0) is 32.0 Å². The second-order valence-corrected chi connectivity index (χ2v) is 6.75. The minimum atomic E-state index is 0. The molecule has 2 rings (SSSR count). The number of aromatic nitrogens is 1. The van der Waals surface area contributed by atoms with Gasteiger partial charge in [0.1, 0.15) is 0 Å². The van der Waals surface area contributed by atoms with Gasteiger partial charge in [-0.25, -0.2) is 4.98 Å². The molecule has 0 aliphatic rings.